The third-order valence-electron chi connectivity index (χ3n) is 3.86. The Morgan fingerprint density at radius 2 is 2.24 bits per heavy atom. The first-order chi connectivity index (χ1) is 12.1. The number of halogens is 2. The van der Waals surface area contributed by atoms with Gasteiger partial charge in [0.1, 0.15) is 12.4 Å². The number of piperazine rings is 1. The van der Waals surface area contributed by atoms with Crippen LogP contribution >= 0.6 is 23.2 Å². The molecule has 25 heavy (non-hydrogen) atoms. The average molecular weight is 381 g/mol. The van der Waals surface area contributed by atoms with Gasteiger partial charge >= 0.3 is 6.03 Å². The summed E-state index contributed by atoms with van der Waals surface area (Å²) >= 11 is 11.9. The maximum atomic E-state index is 12.6. The van der Waals surface area contributed by atoms with Gasteiger partial charge in [0.25, 0.3) is 0 Å². The lowest BCUT2D eigenvalue weighted by Crippen LogP contribution is -2.57. The van der Waals surface area contributed by atoms with E-state index in [0.29, 0.717) is 41.2 Å². The van der Waals surface area contributed by atoms with Crippen LogP contribution in [-0.2, 0) is 0 Å². The third kappa shape index (κ3) is 4.75. The van der Waals surface area contributed by atoms with Crippen molar-refractivity contribution in [3.05, 3.63) is 52.8 Å². The molecule has 0 aliphatic carbocycles. The summed E-state index contributed by atoms with van der Waals surface area (Å²) in [6, 6.07) is 8.37. The van der Waals surface area contributed by atoms with Gasteiger partial charge in [0, 0.05) is 31.5 Å². The Bertz CT molecular complexity index is 730. The Labute approximate surface area is 156 Å². The van der Waals surface area contributed by atoms with Crippen molar-refractivity contribution < 1.29 is 9.53 Å². The van der Waals surface area contributed by atoms with Crippen LogP contribution in [0.2, 0.25) is 10.0 Å². The number of urea groups is 1. The molecule has 1 saturated heterocycles. The molecule has 1 aliphatic rings. The van der Waals surface area contributed by atoms with E-state index in [4.69, 9.17) is 27.9 Å². The Morgan fingerprint density at radius 3 is 3.00 bits per heavy atom. The van der Waals surface area contributed by atoms with Crippen molar-refractivity contribution in [2.45, 2.75) is 6.04 Å². The van der Waals surface area contributed by atoms with Crippen molar-refractivity contribution in [1.29, 1.82) is 0 Å². The second kappa shape index (κ2) is 8.38. The lowest BCUT2D eigenvalue weighted by Gasteiger charge is -2.35. The number of pyridine rings is 1. The molecule has 2 heterocycles. The monoisotopic (exact) mass is 380 g/mol. The fraction of sp³-hybridized carbons (Fsp3) is 0.294. The third-order valence-corrected chi connectivity index (χ3v) is 4.60. The zero-order valence-electron chi connectivity index (χ0n) is 13.4. The van der Waals surface area contributed by atoms with Crippen molar-refractivity contribution in [2.75, 3.05) is 31.6 Å². The van der Waals surface area contributed by atoms with Crippen LogP contribution in [0.15, 0.2) is 42.7 Å². The van der Waals surface area contributed by atoms with E-state index in [1.807, 2.05) is 12.1 Å². The Hall–Kier alpha value is -2.02. The van der Waals surface area contributed by atoms with Crippen LogP contribution in [0.25, 0.3) is 0 Å². The minimum atomic E-state index is -0.195. The predicted molar refractivity (Wildman–Crippen MR) is 98.6 cm³/mol. The van der Waals surface area contributed by atoms with Crippen molar-refractivity contribution in [1.82, 2.24) is 15.2 Å². The largest absolute Gasteiger partial charge is 0.490 e. The molecule has 0 bridgehead atoms. The second-order valence-electron chi connectivity index (χ2n) is 5.61. The second-order valence-corrected chi connectivity index (χ2v) is 6.42. The minimum Gasteiger partial charge on any atom is -0.490 e. The molecular weight excluding hydrogens is 363 g/mol. The first kappa shape index (κ1) is 17.8. The fourth-order valence-corrected chi connectivity index (χ4v) is 2.87. The number of nitrogens with zero attached hydrogens (tertiary/aromatic N) is 2. The Balaban J connectivity index is 1.63. The number of nitrogens with one attached hydrogen (secondary N) is 2. The average Bonchev–Trinajstić information content (AvgIpc) is 2.64. The number of anilines is 1. The number of benzene rings is 1. The van der Waals surface area contributed by atoms with Gasteiger partial charge in [0.15, 0.2) is 0 Å². The Kier molecular flexibility index (Phi) is 5.96. The van der Waals surface area contributed by atoms with Crippen LogP contribution in [0.3, 0.4) is 0 Å². The number of aromatic nitrogens is 1. The summed E-state index contributed by atoms with van der Waals surface area (Å²) in [5.41, 5.74) is 0.602. The summed E-state index contributed by atoms with van der Waals surface area (Å²) < 4.78 is 5.75. The first-order valence-electron chi connectivity index (χ1n) is 7.89. The summed E-state index contributed by atoms with van der Waals surface area (Å²) in [5.74, 6) is 0.679. The standard InChI is InChI=1S/C17H18Cl2N4O2/c18-15-4-3-12(8-16(15)19)22-17(24)23-7-6-21-9-13(23)11-25-14-2-1-5-20-10-14/h1-5,8,10,13,21H,6-7,9,11H2,(H,22,24)/t13-/m1/s1. The highest BCUT2D eigenvalue weighted by Gasteiger charge is 2.27. The molecule has 0 spiro atoms. The molecule has 8 heteroatoms. The molecule has 0 radical (unpaired) electrons. The van der Waals surface area contributed by atoms with Gasteiger partial charge in [-0.15, -0.1) is 0 Å². The zero-order chi connectivity index (χ0) is 17.6. The van der Waals surface area contributed by atoms with E-state index in [-0.39, 0.29) is 12.1 Å². The van der Waals surface area contributed by atoms with Crippen LogP contribution in [0, 0.1) is 0 Å². The van der Waals surface area contributed by atoms with Crippen molar-refractivity contribution >= 4 is 34.9 Å². The molecule has 6 nitrogen and oxygen atoms in total. The summed E-state index contributed by atoms with van der Waals surface area (Å²) in [7, 11) is 0. The van der Waals surface area contributed by atoms with Gasteiger partial charge in [-0.2, -0.15) is 0 Å². The molecule has 0 saturated carbocycles. The molecule has 3 rings (SSSR count). The molecule has 1 atom stereocenters. The zero-order valence-corrected chi connectivity index (χ0v) is 14.9. The van der Waals surface area contributed by atoms with E-state index in [2.05, 4.69) is 15.6 Å². The van der Waals surface area contributed by atoms with Crippen LogP contribution in [0.1, 0.15) is 0 Å². The molecule has 2 amide bonds. The van der Waals surface area contributed by atoms with Crippen LogP contribution in [0.5, 0.6) is 5.75 Å². The van der Waals surface area contributed by atoms with Crippen LogP contribution in [0.4, 0.5) is 10.5 Å². The highest BCUT2D eigenvalue weighted by molar-refractivity contribution is 6.42. The molecule has 1 fully saturated rings. The van der Waals surface area contributed by atoms with Crippen molar-refractivity contribution in [2.24, 2.45) is 0 Å². The lowest BCUT2D eigenvalue weighted by molar-refractivity contribution is 0.133. The van der Waals surface area contributed by atoms with Gasteiger partial charge in [0.2, 0.25) is 0 Å². The van der Waals surface area contributed by atoms with Gasteiger partial charge in [0.05, 0.1) is 22.3 Å². The highest BCUT2D eigenvalue weighted by atomic mass is 35.5. The van der Waals surface area contributed by atoms with Gasteiger partial charge in [-0.3, -0.25) is 4.98 Å². The first-order valence-corrected chi connectivity index (χ1v) is 8.65. The maximum Gasteiger partial charge on any atom is 0.322 e. The molecule has 0 unspecified atom stereocenters. The Morgan fingerprint density at radius 1 is 1.36 bits per heavy atom. The number of carbonyl (C=O) groups is 1. The SMILES string of the molecule is O=C(Nc1ccc(Cl)c(Cl)c1)N1CCNC[C@@H]1COc1cccnc1. The van der Waals surface area contributed by atoms with E-state index in [0.717, 1.165) is 6.54 Å². The number of rotatable bonds is 4. The molecular formula is C17H18Cl2N4O2. The lowest BCUT2D eigenvalue weighted by atomic mass is 10.2. The topological polar surface area (TPSA) is 66.5 Å². The molecule has 1 aromatic carbocycles. The normalized spacial score (nSPS) is 17.2. The van der Waals surface area contributed by atoms with Gasteiger partial charge in [-0.1, -0.05) is 23.2 Å². The highest BCUT2D eigenvalue weighted by Crippen LogP contribution is 2.25. The van der Waals surface area contributed by atoms with E-state index in [9.17, 15) is 4.79 Å². The van der Waals surface area contributed by atoms with Crippen LogP contribution < -0.4 is 15.4 Å². The van der Waals surface area contributed by atoms with E-state index < -0.39 is 0 Å². The summed E-state index contributed by atoms with van der Waals surface area (Å²) in [5, 5.41) is 6.98. The predicted octanol–water partition coefficient (Wildman–Crippen LogP) is 3.27. The number of amides is 2. The van der Waals surface area contributed by atoms with Gasteiger partial charge in [-0.25, -0.2) is 4.79 Å². The molecule has 2 N–H and O–H groups in total. The summed E-state index contributed by atoms with van der Waals surface area (Å²) in [6.07, 6.45) is 3.34. The minimum absolute atomic E-state index is 0.0864. The molecule has 132 valence electrons. The number of hydrogen-bond donors (Lipinski definition) is 2. The van der Waals surface area contributed by atoms with Gasteiger partial charge < -0.3 is 20.3 Å². The number of hydrogen-bond acceptors (Lipinski definition) is 4. The van der Waals surface area contributed by atoms with Crippen molar-refractivity contribution in [3.8, 4) is 5.75 Å². The maximum absolute atomic E-state index is 12.6. The summed E-state index contributed by atoms with van der Waals surface area (Å²) in [6.45, 7) is 2.37. The van der Waals surface area contributed by atoms with Gasteiger partial charge in [-0.05, 0) is 30.3 Å². The van der Waals surface area contributed by atoms with E-state index in [1.54, 1.807) is 35.5 Å². The quantitative estimate of drug-likeness (QED) is 0.853. The molecule has 1 aliphatic heterocycles. The number of carbonyl (C=O) groups excluding carboxylic acids is 1. The van der Waals surface area contributed by atoms with Crippen LogP contribution in [-0.4, -0.2) is 48.2 Å². The van der Waals surface area contributed by atoms with E-state index in [1.165, 1.54) is 0 Å². The smallest absolute Gasteiger partial charge is 0.322 e. The fourth-order valence-electron chi connectivity index (χ4n) is 2.57. The number of ether oxygens (including phenoxy) is 1. The summed E-state index contributed by atoms with van der Waals surface area (Å²) in [4.78, 5) is 18.4. The van der Waals surface area contributed by atoms with Crippen molar-refractivity contribution in [3.63, 3.8) is 0 Å². The van der Waals surface area contributed by atoms with E-state index >= 15 is 0 Å². The molecule has 2 aromatic rings. The molecule has 1 aromatic heterocycles.